The minimum absolute atomic E-state index is 0.964. The highest BCUT2D eigenvalue weighted by molar-refractivity contribution is 5.34. The summed E-state index contributed by atoms with van der Waals surface area (Å²) in [5, 5.41) is 0. The quantitative estimate of drug-likeness (QED) is 0.681. The largest absolute Gasteiger partial charge is 0.356 e. The van der Waals surface area contributed by atoms with E-state index < -0.39 is 0 Å². The van der Waals surface area contributed by atoms with Crippen LogP contribution in [0.3, 0.4) is 0 Å². The lowest BCUT2D eigenvalue weighted by Crippen LogP contribution is -2.23. The average molecular weight is 165 g/mol. The first kappa shape index (κ1) is 8.97. The lowest BCUT2D eigenvalue weighted by Gasteiger charge is -2.18. The first-order valence-electron chi connectivity index (χ1n) is 4.31. The van der Waals surface area contributed by atoms with Gasteiger partial charge in [-0.1, -0.05) is 0 Å². The predicted octanol–water partition coefficient (Wildman–Crippen LogP) is 1.63. The maximum absolute atomic E-state index is 4.28. The van der Waals surface area contributed by atoms with E-state index in [0.717, 1.165) is 24.6 Å². The summed E-state index contributed by atoms with van der Waals surface area (Å²) in [6.45, 7) is 8.14. The van der Waals surface area contributed by atoms with Gasteiger partial charge in [0.1, 0.15) is 5.82 Å². The normalized spacial score (nSPS) is 9.92. The zero-order chi connectivity index (χ0) is 8.97. The van der Waals surface area contributed by atoms with Crippen molar-refractivity contribution in [2.45, 2.75) is 20.8 Å². The van der Waals surface area contributed by atoms with Crippen LogP contribution in [0.4, 0.5) is 5.82 Å². The Bertz CT molecular complexity index is 226. The zero-order valence-electron chi connectivity index (χ0n) is 7.91. The van der Waals surface area contributed by atoms with E-state index in [2.05, 4.69) is 28.7 Å². The van der Waals surface area contributed by atoms with Gasteiger partial charge in [0.05, 0.1) is 18.1 Å². The van der Waals surface area contributed by atoms with Crippen LogP contribution in [0.2, 0.25) is 0 Å². The van der Waals surface area contributed by atoms with Crippen LogP contribution >= 0.6 is 0 Å². The van der Waals surface area contributed by atoms with Crippen LogP contribution in [0.1, 0.15) is 19.5 Å². The molecule has 0 radical (unpaired) electrons. The molecule has 0 fully saturated rings. The van der Waals surface area contributed by atoms with E-state index in [4.69, 9.17) is 0 Å². The lowest BCUT2D eigenvalue weighted by molar-refractivity contribution is 0.837. The molecule has 0 amide bonds. The molecule has 66 valence electrons. The van der Waals surface area contributed by atoms with Gasteiger partial charge in [0.2, 0.25) is 0 Å². The van der Waals surface area contributed by atoms with Gasteiger partial charge in [-0.25, -0.2) is 4.98 Å². The standard InChI is InChI=1S/C9H15N3/c1-4-12(5-2)9-7-10-8(3)6-11-9/h6-7H,4-5H2,1-3H3. The van der Waals surface area contributed by atoms with Crippen LogP contribution in [0.5, 0.6) is 0 Å². The minimum atomic E-state index is 0.964. The highest BCUT2D eigenvalue weighted by Gasteiger charge is 2.01. The van der Waals surface area contributed by atoms with E-state index >= 15 is 0 Å². The van der Waals surface area contributed by atoms with Gasteiger partial charge >= 0.3 is 0 Å². The van der Waals surface area contributed by atoms with Crippen molar-refractivity contribution in [3.8, 4) is 0 Å². The number of hydrogen-bond donors (Lipinski definition) is 0. The first-order chi connectivity index (χ1) is 5.77. The maximum Gasteiger partial charge on any atom is 0.147 e. The Labute approximate surface area is 73.5 Å². The molecule has 0 aliphatic rings. The molecule has 0 atom stereocenters. The lowest BCUT2D eigenvalue weighted by atomic mass is 10.4. The summed E-state index contributed by atoms with van der Waals surface area (Å²) < 4.78 is 0. The van der Waals surface area contributed by atoms with E-state index in [9.17, 15) is 0 Å². The van der Waals surface area contributed by atoms with Crippen molar-refractivity contribution in [2.24, 2.45) is 0 Å². The fraction of sp³-hybridized carbons (Fsp3) is 0.556. The summed E-state index contributed by atoms with van der Waals surface area (Å²) in [6.07, 6.45) is 3.62. The van der Waals surface area contributed by atoms with Crippen molar-refractivity contribution < 1.29 is 0 Å². The fourth-order valence-electron chi connectivity index (χ4n) is 1.10. The van der Waals surface area contributed by atoms with E-state index in [1.165, 1.54) is 0 Å². The molecule has 0 saturated carbocycles. The van der Waals surface area contributed by atoms with Gasteiger partial charge in [-0.2, -0.15) is 0 Å². The molecule has 12 heavy (non-hydrogen) atoms. The molecular weight excluding hydrogens is 150 g/mol. The number of nitrogens with zero attached hydrogens (tertiary/aromatic N) is 3. The zero-order valence-corrected chi connectivity index (χ0v) is 7.91. The average Bonchev–Trinajstić information content (AvgIpc) is 2.10. The van der Waals surface area contributed by atoms with E-state index in [-0.39, 0.29) is 0 Å². The molecule has 1 aromatic heterocycles. The fourth-order valence-corrected chi connectivity index (χ4v) is 1.10. The highest BCUT2D eigenvalue weighted by Crippen LogP contribution is 2.06. The van der Waals surface area contributed by atoms with Gasteiger partial charge in [0.15, 0.2) is 0 Å². The molecule has 3 heteroatoms. The number of anilines is 1. The minimum Gasteiger partial charge on any atom is -0.356 e. The molecule has 0 aliphatic carbocycles. The van der Waals surface area contributed by atoms with E-state index in [0.29, 0.717) is 0 Å². The first-order valence-corrected chi connectivity index (χ1v) is 4.31. The molecule has 0 spiro atoms. The smallest absolute Gasteiger partial charge is 0.147 e. The van der Waals surface area contributed by atoms with Crippen LogP contribution in [-0.4, -0.2) is 23.1 Å². The van der Waals surface area contributed by atoms with Gasteiger partial charge in [-0.05, 0) is 20.8 Å². The topological polar surface area (TPSA) is 29.0 Å². The van der Waals surface area contributed by atoms with Gasteiger partial charge in [-0.3, -0.25) is 4.98 Å². The third kappa shape index (κ3) is 1.94. The summed E-state index contributed by atoms with van der Waals surface area (Å²) in [5.41, 5.74) is 0.964. The molecule has 0 saturated heterocycles. The highest BCUT2D eigenvalue weighted by atomic mass is 15.2. The van der Waals surface area contributed by atoms with Gasteiger partial charge in [0, 0.05) is 13.1 Å². The van der Waals surface area contributed by atoms with Gasteiger partial charge in [0.25, 0.3) is 0 Å². The van der Waals surface area contributed by atoms with Crippen LogP contribution < -0.4 is 4.90 Å². The molecule has 0 bridgehead atoms. The summed E-state index contributed by atoms with van der Waals surface area (Å²) in [6, 6.07) is 0. The Kier molecular flexibility index (Phi) is 3.02. The molecule has 0 aromatic carbocycles. The van der Waals surface area contributed by atoms with Crippen molar-refractivity contribution in [3.05, 3.63) is 18.1 Å². The molecule has 0 N–H and O–H groups in total. The van der Waals surface area contributed by atoms with Crippen molar-refractivity contribution >= 4 is 5.82 Å². The van der Waals surface area contributed by atoms with Crippen molar-refractivity contribution in [1.82, 2.24) is 9.97 Å². The van der Waals surface area contributed by atoms with Crippen LogP contribution in [0, 0.1) is 6.92 Å². The van der Waals surface area contributed by atoms with Crippen LogP contribution in [-0.2, 0) is 0 Å². The molecule has 0 aliphatic heterocycles. The molecular formula is C9H15N3. The van der Waals surface area contributed by atoms with Gasteiger partial charge in [-0.15, -0.1) is 0 Å². The van der Waals surface area contributed by atoms with E-state index in [1.807, 2.05) is 13.1 Å². The summed E-state index contributed by atoms with van der Waals surface area (Å²) in [4.78, 5) is 10.6. The Morgan fingerprint density at radius 1 is 1.17 bits per heavy atom. The third-order valence-electron chi connectivity index (χ3n) is 1.85. The number of aryl methyl sites for hydroxylation is 1. The maximum atomic E-state index is 4.28. The monoisotopic (exact) mass is 165 g/mol. The number of hydrogen-bond acceptors (Lipinski definition) is 3. The molecule has 1 rings (SSSR count). The third-order valence-corrected chi connectivity index (χ3v) is 1.85. The summed E-state index contributed by atoms with van der Waals surface area (Å²) in [5.74, 6) is 0.964. The Morgan fingerprint density at radius 2 is 1.83 bits per heavy atom. The summed E-state index contributed by atoms with van der Waals surface area (Å²) in [7, 11) is 0. The Balaban J connectivity index is 2.80. The molecule has 1 heterocycles. The van der Waals surface area contributed by atoms with Crippen molar-refractivity contribution in [3.63, 3.8) is 0 Å². The molecule has 0 unspecified atom stereocenters. The van der Waals surface area contributed by atoms with E-state index in [1.54, 1.807) is 6.20 Å². The number of rotatable bonds is 3. The second kappa shape index (κ2) is 4.04. The van der Waals surface area contributed by atoms with Gasteiger partial charge < -0.3 is 4.90 Å². The van der Waals surface area contributed by atoms with Crippen LogP contribution in [0.15, 0.2) is 12.4 Å². The number of aromatic nitrogens is 2. The van der Waals surface area contributed by atoms with Crippen LogP contribution in [0.25, 0.3) is 0 Å². The SMILES string of the molecule is CCN(CC)c1cnc(C)cn1. The van der Waals surface area contributed by atoms with Crippen molar-refractivity contribution in [2.75, 3.05) is 18.0 Å². The molecule has 3 nitrogen and oxygen atoms in total. The second-order valence-corrected chi connectivity index (χ2v) is 2.69. The Hall–Kier alpha value is -1.12. The summed E-state index contributed by atoms with van der Waals surface area (Å²) >= 11 is 0. The molecule has 1 aromatic rings. The Morgan fingerprint density at radius 3 is 2.25 bits per heavy atom. The second-order valence-electron chi connectivity index (χ2n) is 2.69. The van der Waals surface area contributed by atoms with Crippen molar-refractivity contribution in [1.29, 1.82) is 0 Å². The predicted molar refractivity (Wildman–Crippen MR) is 50.3 cm³/mol.